The number of nitrogens with zero attached hydrogens (tertiary/aromatic N) is 1. The molecule has 2 amide bonds. The fraction of sp³-hybridized carbons (Fsp3) is 0.435. The minimum absolute atomic E-state index is 0.0413. The fourth-order valence-electron chi connectivity index (χ4n) is 4.40. The summed E-state index contributed by atoms with van der Waals surface area (Å²) in [5.41, 5.74) is 3.33. The Morgan fingerprint density at radius 3 is 2.86 bits per heavy atom. The van der Waals surface area contributed by atoms with Gasteiger partial charge in [-0.15, -0.1) is 0 Å². The maximum Gasteiger partial charge on any atom is 0.322 e. The molecule has 0 bridgehead atoms. The molecule has 2 aromatic rings. The zero-order chi connectivity index (χ0) is 19.8. The molecule has 5 rings (SSSR count). The van der Waals surface area contributed by atoms with Crippen molar-refractivity contribution in [1.29, 1.82) is 0 Å². The average Bonchev–Trinajstić information content (AvgIpc) is 3.31. The number of carbonyl (C=O) groups is 1. The fourth-order valence-corrected chi connectivity index (χ4v) is 4.40. The van der Waals surface area contributed by atoms with E-state index in [1.54, 1.807) is 7.11 Å². The van der Waals surface area contributed by atoms with Gasteiger partial charge in [-0.05, 0) is 48.2 Å². The number of hydrogen-bond acceptors (Lipinski definition) is 4. The van der Waals surface area contributed by atoms with Crippen LogP contribution in [-0.2, 0) is 16.7 Å². The summed E-state index contributed by atoms with van der Waals surface area (Å²) in [7, 11) is 1.70. The summed E-state index contributed by atoms with van der Waals surface area (Å²) in [6.07, 6.45) is 3.13. The molecule has 0 aromatic heterocycles. The Morgan fingerprint density at radius 2 is 2.10 bits per heavy atom. The van der Waals surface area contributed by atoms with Gasteiger partial charge in [0.05, 0.1) is 26.0 Å². The molecule has 2 heterocycles. The van der Waals surface area contributed by atoms with Crippen LogP contribution in [-0.4, -0.2) is 43.9 Å². The van der Waals surface area contributed by atoms with Crippen molar-refractivity contribution in [1.82, 2.24) is 4.90 Å². The molecule has 3 aliphatic rings. The van der Waals surface area contributed by atoms with Gasteiger partial charge in [-0.25, -0.2) is 4.79 Å². The highest BCUT2D eigenvalue weighted by atomic mass is 16.5. The molecular formula is C23H26N2O4. The number of benzene rings is 2. The SMILES string of the molecule is COc1ccc2c(c1)C1(CC1)CN(C(=O)Nc1ccccc1OC1CCOC1)C2. The van der Waals surface area contributed by atoms with Crippen molar-refractivity contribution >= 4 is 11.7 Å². The van der Waals surface area contributed by atoms with Crippen molar-refractivity contribution in [2.75, 3.05) is 32.2 Å². The quantitative estimate of drug-likeness (QED) is 0.853. The molecule has 1 saturated heterocycles. The van der Waals surface area contributed by atoms with E-state index >= 15 is 0 Å². The second-order valence-electron chi connectivity index (χ2n) is 8.19. The van der Waals surface area contributed by atoms with Crippen molar-refractivity contribution in [3.63, 3.8) is 0 Å². The number of rotatable bonds is 4. The summed E-state index contributed by atoms with van der Waals surface area (Å²) in [6.45, 7) is 2.65. The van der Waals surface area contributed by atoms with E-state index < -0.39 is 0 Å². The van der Waals surface area contributed by atoms with Gasteiger partial charge in [0.15, 0.2) is 0 Å². The lowest BCUT2D eigenvalue weighted by molar-refractivity contribution is 0.141. The minimum Gasteiger partial charge on any atom is -0.497 e. The molecule has 2 fully saturated rings. The molecule has 1 aliphatic carbocycles. The van der Waals surface area contributed by atoms with Gasteiger partial charge in [-0.3, -0.25) is 0 Å². The van der Waals surface area contributed by atoms with Gasteiger partial charge in [0.1, 0.15) is 17.6 Å². The monoisotopic (exact) mass is 394 g/mol. The van der Waals surface area contributed by atoms with E-state index in [9.17, 15) is 4.79 Å². The largest absolute Gasteiger partial charge is 0.497 e. The summed E-state index contributed by atoms with van der Waals surface area (Å²) in [6, 6.07) is 13.7. The molecule has 1 saturated carbocycles. The zero-order valence-corrected chi connectivity index (χ0v) is 16.6. The molecule has 0 radical (unpaired) electrons. The van der Waals surface area contributed by atoms with Crippen LogP contribution in [0.3, 0.4) is 0 Å². The zero-order valence-electron chi connectivity index (χ0n) is 16.6. The molecule has 152 valence electrons. The van der Waals surface area contributed by atoms with Crippen LogP contribution in [0.2, 0.25) is 0 Å². The average molecular weight is 394 g/mol. The van der Waals surface area contributed by atoms with Crippen molar-refractivity contribution in [2.45, 2.75) is 37.3 Å². The standard InChI is InChI=1S/C23H26N2O4/c1-27-17-7-6-16-13-25(15-23(9-10-23)19(16)12-17)22(26)24-20-4-2-3-5-21(20)29-18-8-11-28-14-18/h2-7,12,18H,8-11,13-15H2,1H3,(H,24,26). The maximum absolute atomic E-state index is 13.1. The number of amides is 2. The summed E-state index contributed by atoms with van der Waals surface area (Å²) in [4.78, 5) is 15.0. The summed E-state index contributed by atoms with van der Waals surface area (Å²) < 4.78 is 16.9. The third kappa shape index (κ3) is 3.53. The number of carbonyl (C=O) groups excluding carboxylic acids is 1. The lowest BCUT2D eigenvalue weighted by Gasteiger charge is -2.35. The predicted octanol–water partition coefficient (Wildman–Crippen LogP) is 3.94. The van der Waals surface area contributed by atoms with Crippen LogP contribution in [0.5, 0.6) is 11.5 Å². The number of fused-ring (bicyclic) bond motifs is 2. The normalized spacial score (nSPS) is 21.6. The second-order valence-corrected chi connectivity index (χ2v) is 8.19. The van der Waals surface area contributed by atoms with Crippen LogP contribution in [0.1, 0.15) is 30.4 Å². The Morgan fingerprint density at radius 1 is 1.24 bits per heavy atom. The Balaban J connectivity index is 1.33. The number of hydrogen-bond donors (Lipinski definition) is 1. The number of para-hydroxylation sites is 2. The third-order valence-corrected chi connectivity index (χ3v) is 6.19. The van der Waals surface area contributed by atoms with Crippen LogP contribution in [0.25, 0.3) is 0 Å². The van der Waals surface area contributed by atoms with Gasteiger partial charge < -0.3 is 24.4 Å². The lowest BCUT2D eigenvalue weighted by Crippen LogP contribution is -2.43. The Bertz CT molecular complexity index is 919. The second kappa shape index (κ2) is 7.26. The highest BCUT2D eigenvalue weighted by Crippen LogP contribution is 2.53. The van der Waals surface area contributed by atoms with Gasteiger partial charge in [0.2, 0.25) is 0 Å². The van der Waals surface area contributed by atoms with Crippen molar-refractivity contribution in [3.05, 3.63) is 53.6 Å². The molecule has 2 aromatic carbocycles. The lowest BCUT2D eigenvalue weighted by atomic mass is 9.87. The predicted molar refractivity (Wildman–Crippen MR) is 110 cm³/mol. The van der Waals surface area contributed by atoms with Crippen LogP contribution >= 0.6 is 0 Å². The van der Waals surface area contributed by atoms with Crippen molar-refractivity contribution < 1.29 is 19.0 Å². The first kappa shape index (κ1) is 18.3. The van der Waals surface area contributed by atoms with Gasteiger partial charge in [0, 0.05) is 24.9 Å². The van der Waals surface area contributed by atoms with Crippen molar-refractivity contribution in [3.8, 4) is 11.5 Å². The number of urea groups is 1. The first-order chi connectivity index (χ1) is 14.2. The molecule has 1 unspecified atom stereocenters. The van der Waals surface area contributed by atoms with E-state index in [1.165, 1.54) is 11.1 Å². The van der Waals surface area contributed by atoms with Crippen LogP contribution in [0.4, 0.5) is 10.5 Å². The molecule has 2 aliphatic heterocycles. The molecule has 6 heteroatoms. The van der Waals surface area contributed by atoms with Gasteiger partial charge >= 0.3 is 6.03 Å². The van der Waals surface area contributed by atoms with E-state index in [0.717, 1.165) is 38.2 Å². The Labute approximate surface area is 170 Å². The molecule has 1 spiro atoms. The first-order valence-electron chi connectivity index (χ1n) is 10.2. The van der Waals surface area contributed by atoms with E-state index in [4.69, 9.17) is 14.2 Å². The summed E-state index contributed by atoms with van der Waals surface area (Å²) >= 11 is 0. The van der Waals surface area contributed by atoms with Crippen LogP contribution < -0.4 is 14.8 Å². The van der Waals surface area contributed by atoms with Crippen molar-refractivity contribution in [2.24, 2.45) is 0 Å². The van der Waals surface area contributed by atoms with E-state index in [-0.39, 0.29) is 17.6 Å². The number of nitrogens with one attached hydrogen (secondary N) is 1. The number of methoxy groups -OCH3 is 1. The highest BCUT2D eigenvalue weighted by Gasteiger charge is 2.50. The van der Waals surface area contributed by atoms with Crippen LogP contribution in [0.15, 0.2) is 42.5 Å². The smallest absolute Gasteiger partial charge is 0.322 e. The maximum atomic E-state index is 13.1. The molecular weight excluding hydrogens is 368 g/mol. The van der Waals surface area contributed by atoms with Gasteiger partial charge in [-0.2, -0.15) is 0 Å². The number of ether oxygens (including phenoxy) is 3. The third-order valence-electron chi connectivity index (χ3n) is 6.19. The first-order valence-corrected chi connectivity index (χ1v) is 10.2. The van der Waals surface area contributed by atoms with Gasteiger partial charge in [0.25, 0.3) is 0 Å². The van der Waals surface area contributed by atoms with E-state index in [2.05, 4.69) is 17.4 Å². The topological polar surface area (TPSA) is 60.0 Å². The highest BCUT2D eigenvalue weighted by molar-refractivity contribution is 5.91. The van der Waals surface area contributed by atoms with E-state index in [1.807, 2.05) is 35.2 Å². The van der Waals surface area contributed by atoms with Gasteiger partial charge in [-0.1, -0.05) is 18.2 Å². The Kier molecular flexibility index (Phi) is 4.59. The summed E-state index contributed by atoms with van der Waals surface area (Å²) in [5.74, 6) is 1.58. The Hall–Kier alpha value is -2.73. The minimum atomic E-state index is -0.0866. The van der Waals surface area contributed by atoms with Crippen LogP contribution in [0, 0.1) is 0 Å². The molecule has 1 N–H and O–H groups in total. The summed E-state index contributed by atoms with van der Waals surface area (Å²) in [5, 5.41) is 3.07. The molecule has 6 nitrogen and oxygen atoms in total. The van der Waals surface area contributed by atoms with E-state index in [0.29, 0.717) is 24.6 Å². The molecule has 1 atom stereocenters. The number of anilines is 1. The molecule has 29 heavy (non-hydrogen) atoms.